The van der Waals surface area contributed by atoms with E-state index >= 15 is 0 Å². The van der Waals surface area contributed by atoms with Crippen LogP contribution in [0.3, 0.4) is 0 Å². The lowest BCUT2D eigenvalue weighted by molar-refractivity contribution is 0.407. The van der Waals surface area contributed by atoms with Crippen molar-refractivity contribution in [2.24, 2.45) is 0 Å². The van der Waals surface area contributed by atoms with E-state index in [1.807, 2.05) is 0 Å². The molecule has 0 fully saturated rings. The third kappa shape index (κ3) is 1.49. The maximum absolute atomic E-state index is 4.56. The first-order valence-corrected chi connectivity index (χ1v) is 6.66. The summed E-state index contributed by atoms with van der Waals surface area (Å²) in [6.07, 6.45) is 6.29. The Balaban J connectivity index is 2.40. The first-order chi connectivity index (χ1) is 8.31. The molecule has 3 heteroatoms. The van der Waals surface area contributed by atoms with E-state index in [0.717, 1.165) is 12.1 Å². The molecule has 0 atom stereocenters. The second-order valence-corrected chi connectivity index (χ2v) is 7.00. The van der Waals surface area contributed by atoms with Crippen molar-refractivity contribution < 1.29 is 0 Å². The summed E-state index contributed by atoms with van der Waals surface area (Å²) in [5.41, 5.74) is 3.95. The summed E-state index contributed by atoms with van der Waals surface area (Å²) >= 11 is 0. The minimum Gasteiger partial charge on any atom is -0.327 e. The van der Waals surface area contributed by atoms with E-state index in [2.05, 4.69) is 55.4 Å². The van der Waals surface area contributed by atoms with Gasteiger partial charge in [-0.2, -0.15) is 0 Å². The fourth-order valence-electron chi connectivity index (χ4n) is 2.92. The molecule has 0 saturated heterocycles. The van der Waals surface area contributed by atoms with Crippen molar-refractivity contribution in [3.63, 3.8) is 0 Å². The van der Waals surface area contributed by atoms with Gasteiger partial charge in [-0.05, 0) is 39.2 Å². The third-order valence-electron chi connectivity index (χ3n) is 4.04. The lowest BCUT2D eigenvalue weighted by atomic mass is 9.77. The second-order valence-electron chi connectivity index (χ2n) is 7.00. The van der Waals surface area contributed by atoms with Crippen LogP contribution in [0.2, 0.25) is 0 Å². The predicted octanol–water partition coefficient (Wildman–Crippen LogP) is 3.41. The van der Waals surface area contributed by atoms with Gasteiger partial charge in [0.2, 0.25) is 0 Å². The summed E-state index contributed by atoms with van der Waals surface area (Å²) < 4.78 is 2.30. The van der Waals surface area contributed by atoms with Crippen molar-refractivity contribution in [3.05, 3.63) is 23.8 Å². The van der Waals surface area contributed by atoms with E-state index in [-0.39, 0.29) is 11.0 Å². The fraction of sp³-hybridized carbons (Fsp3) is 0.600. The Labute approximate surface area is 108 Å². The molecule has 96 valence electrons. The molecule has 1 aliphatic rings. The monoisotopic (exact) mass is 243 g/mol. The molecule has 0 bridgehead atoms. The average molecular weight is 243 g/mol. The van der Waals surface area contributed by atoms with E-state index in [0.29, 0.717) is 0 Å². The molecule has 18 heavy (non-hydrogen) atoms. The molecule has 0 aromatic carbocycles. The summed E-state index contributed by atoms with van der Waals surface area (Å²) in [4.78, 5) is 9.09. The third-order valence-corrected chi connectivity index (χ3v) is 4.04. The predicted molar refractivity (Wildman–Crippen MR) is 73.9 cm³/mol. The number of hydrogen-bond donors (Lipinski definition) is 0. The zero-order chi connectivity index (χ0) is 13.1. The van der Waals surface area contributed by atoms with Crippen LogP contribution in [0.25, 0.3) is 11.0 Å². The fourth-order valence-corrected chi connectivity index (χ4v) is 2.92. The van der Waals surface area contributed by atoms with Crippen LogP contribution in [0.15, 0.2) is 12.5 Å². The number of aromatic nitrogens is 3. The molecule has 2 aromatic heterocycles. The van der Waals surface area contributed by atoms with Crippen molar-refractivity contribution in [1.29, 1.82) is 0 Å². The summed E-state index contributed by atoms with van der Waals surface area (Å²) in [5, 5.41) is 1.30. The van der Waals surface area contributed by atoms with Crippen LogP contribution in [0.1, 0.15) is 52.3 Å². The maximum Gasteiger partial charge on any atom is 0.144 e. The first-order valence-electron chi connectivity index (χ1n) is 6.66. The number of nitrogens with zero attached hydrogens (tertiary/aromatic N) is 3. The van der Waals surface area contributed by atoms with E-state index in [9.17, 15) is 0 Å². The van der Waals surface area contributed by atoms with Gasteiger partial charge in [-0.15, -0.1) is 0 Å². The standard InChI is InChI=1S/C15H21N3/c1-14(2,3)18-8-10-6-7-15(4,5)12-11(10)13(18)17-9-16-12/h8-9H,6-7H2,1-5H3. The topological polar surface area (TPSA) is 30.7 Å². The summed E-state index contributed by atoms with van der Waals surface area (Å²) in [6, 6.07) is 0. The molecule has 2 heterocycles. The van der Waals surface area contributed by atoms with E-state index in [1.54, 1.807) is 6.33 Å². The molecular weight excluding hydrogens is 222 g/mol. The lowest BCUT2D eigenvalue weighted by Gasteiger charge is -2.28. The van der Waals surface area contributed by atoms with Gasteiger partial charge in [-0.3, -0.25) is 0 Å². The zero-order valence-corrected chi connectivity index (χ0v) is 11.9. The highest BCUT2D eigenvalue weighted by atomic mass is 15.1. The quantitative estimate of drug-likeness (QED) is 0.710. The highest BCUT2D eigenvalue weighted by molar-refractivity contribution is 5.85. The summed E-state index contributed by atoms with van der Waals surface area (Å²) in [6.45, 7) is 11.2. The van der Waals surface area contributed by atoms with Gasteiger partial charge in [0.15, 0.2) is 0 Å². The largest absolute Gasteiger partial charge is 0.327 e. The molecule has 0 spiro atoms. The Hall–Kier alpha value is -1.38. The smallest absolute Gasteiger partial charge is 0.144 e. The van der Waals surface area contributed by atoms with Crippen LogP contribution in [0.4, 0.5) is 0 Å². The highest BCUT2D eigenvalue weighted by Gasteiger charge is 2.33. The van der Waals surface area contributed by atoms with Crippen LogP contribution < -0.4 is 0 Å². The molecule has 0 saturated carbocycles. The molecular formula is C15H21N3. The van der Waals surface area contributed by atoms with Gasteiger partial charge in [0, 0.05) is 22.5 Å². The lowest BCUT2D eigenvalue weighted by Crippen LogP contribution is -2.24. The molecule has 3 rings (SSSR count). The Bertz CT molecular complexity index is 614. The Morgan fingerprint density at radius 3 is 2.61 bits per heavy atom. The van der Waals surface area contributed by atoms with Gasteiger partial charge in [0.25, 0.3) is 0 Å². The average Bonchev–Trinajstić information content (AvgIpc) is 2.64. The van der Waals surface area contributed by atoms with Gasteiger partial charge in [0.05, 0.1) is 5.69 Å². The van der Waals surface area contributed by atoms with Crippen molar-refractivity contribution in [3.8, 4) is 0 Å². The molecule has 3 nitrogen and oxygen atoms in total. The van der Waals surface area contributed by atoms with Crippen molar-refractivity contribution in [2.45, 2.75) is 58.4 Å². The van der Waals surface area contributed by atoms with Gasteiger partial charge in [-0.25, -0.2) is 9.97 Å². The maximum atomic E-state index is 4.56. The van der Waals surface area contributed by atoms with Gasteiger partial charge < -0.3 is 4.57 Å². The molecule has 0 N–H and O–H groups in total. The molecule has 0 aliphatic heterocycles. The SMILES string of the molecule is CC1(C)CCc2cn(C(C)(C)C)c3ncnc1c23. The second kappa shape index (κ2) is 3.34. The van der Waals surface area contributed by atoms with Crippen LogP contribution in [-0.2, 0) is 17.4 Å². The number of hydrogen-bond acceptors (Lipinski definition) is 2. The Morgan fingerprint density at radius 1 is 1.22 bits per heavy atom. The first kappa shape index (κ1) is 11.7. The normalized spacial score (nSPS) is 18.3. The Morgan fingerprint density at radius 2 is 1.94 bits per heavy atom. The van der Waals surface area contributed by atoms with Crippen LogP contribution in [0.5, 0.6) is 0 Å². The van der Waals surface area contributed by atoms with Crippen molar-refractivity contribution >= 4 is 11.0 Å². The molecule has 0 radical (unpaired) electrons. The van der Waals surface area contributed by atoms with Crippen LogP contribution in [0, 0.1) is 0 Å². The van der Waals surface area contributed by atoms with Crippen molar-refractivity contribution in [2.75, 3.05) is 0 Å². The van der Waals surface area contributed by atoms with E-state index < -0.39 is 0 Å². The zero-order valence-electron chi connectivity index (χ0n) is 11.9. The highest BCUT2D eigenvalue weighted by Crippen LogP contribution is 2.40. The van der Waals surface area contributed by atoms with E-state index in [4.69, 9.17) is 0 Å². The van der Waals surface area contributed by atoms with E-state index in [1.165, 1.54) is 23.1 Å². The van der Waals surface area contributed by atoms with Crippen LogP contribution >= 0.6 is 0 Å². The summed E-state index contributed by atoms with van der Waals surface area (Å²) in [7, 11) is 0. The van der Waals surface area contributed by atoms with Crippen molar-refractivity contribution in [1.82, 2.24) is 14.5 Å². The molecule has 1 aliphatic carbocycles. The summed E-state index contributed by atoms with van der Waals surface area (Å²) in [5.74, 6) is 0. The molecule has 2 aromatic rings. The van der Waals surface area contributed by atoms with Crippen LogP contribution in [-0.4, -0.2) is 14.5 Å². The minimum atomic E-state index is 0.0661. The number of rotatable bonds is 0. The van der Waals surface area contributed by atoms with Gasteiger partial charge >= 0.3 is 0 Å². The minimum absolute atomic E-state index is 0.0661. The molecule has 0 amide bonds. The van der Waals surface area contributed by atoms with Gasteiger partial charge in [-0.1, -0.05) is 13.8 Å². The van der Waals surface area contributed by atoms with Gasteiger partial charge in [0.1, 0.15) is 12.0 Å². The molecule has 0 unspecified atom stereocenters. The number of aryl methyl sites for hydroxylation is 1. The Kier molecular flexibility index (Phi) is 2.17.